The minimum atomic E-state index is -1.62. The fourth-order valence-electron chi connectivity index (χ4n) is 2.57. The maximum Gasteiger partial charge on any atom is 0.319 e. The average Bonchev–Trinajstić information content (AvgIpc) is 2.53. The predicted molar refractivity (Wildman–Crippen MR) is 81.4 cm³/mol. The maximum absolute atomic E-state index is 12.0. The predicted octanol–water partition coefficient (Wildman–Crippen LogP) is 1.99. The van der Waals surface area contributed by atoms with Crippen molar-refractivity contribution in [3.05, 3.63) is 71.3 Å². The van der Waals surface area contributed by atoms with Crippen molar-refractivity contribution >= 4 is 11.9 Å². The molecule has 2 rings (SSSR count). The lowest BCUT2D eigenvalue weighted by molar-refractivity contribution is -0.148. The molecule has 2 aromatic carbocycles. The molecule has 1 atom stereocenters. The van der Waals surface area contributed by atoms with Crippen molar-refractivity contribution in [2.24, 2.45) is 5.73 Å². The molecule has 0 aromatic heterocycles. The van der Waals surface area contributed by atoms with E-state index in [1.165, 1.54) is 0 Å². The highest BCUT2D eigenvalue weighted by Gasteiger charge is 2.44. The van der Waals surface area contributed by atoms with Gasteiger partial charge in [-0.3, -0.25) is 9.59 Å². The van der Waals surface area contributed by atoms with Crippen molar-refractivity contribution in [3.8, 4) is 0 Å². The zero-order valence-corrected chi connectivity index (χ0v) is 11.9. The van der Waals surface area contributed by atoms with Crippen LogP contribution in [0.1, 0.15) is 23.1 Å². The second-order valence-corrected chi connectivity index (χ2v) is 5.05. The zero-order chi connectivity index (χ0) is 16.2. The normalized spacial score (nSPS) is 13.3. The molecule has 0 saturated heterocycles. The molecule has 0 bridgehead atoms. The highest BCUT2D eigenvalue weighted by Crippen LogP contribution is 2.36. The van der Waals surface area contributed by atoms with Gasteiger partial charge in [0.2, 0.25) is 0 Å². The molecule has 5 heteroatoms. The van der Waals surface area contributed by atoms with Gasteiger partial charge in [0.25, 0.3) is 0 Å². The van der Waals surface area contributed by atoms with Gasteiger partial charge in [0.15, 0.2) is 0 Å². The minimum Gasteiger partial charge on any atom is -0.481 e. The Bertz CT molecular complexity index is 667. The highest BCUT2D eigenvalue weighted by atomic mass is 16.4. The summed E-state index contributed by atoms with van der Waals surface area (Å²) in [5.74, 6) is -2.37. The first-order valence-electron chi connectivity index (χ1n) is 6.81. The maximum atomic E-state index is 12.0. The van der Waals surface area contributed by atoms with Crippen LogP contribution in [0.25, 0.3) is 0 Å². The van der Waals surface area contributed by atoms with Crippen molar-refractivity contribution < 1.29 is 19.8 Å². The van der Waals surface area contributed by atoms with Gasteiger partial charge >= 0.3 is 11.9 Å². The summed E-state index contributed by atoms with van der Waals surface area (Å²) >= 11 is 0. The van der Waals surface area contributed by atoms with Crippen LogP contribution in [0.15, 0.2) is 54.6 Å². The third-order valence-corrected chi connectivity index (χ3v) is 3.73. The van der Waals surface area contributed by atoms with Gasteiger partial charge in [-0.2, -0.15) is 0 Å². The molecule has 4 N–H and O–H groups in total. The molecule has 0 aliphatic rings. The van der Waals surface area contributed by atoms with Gasteiger partial charge in [-0.05, 0) is 16.7 Å². The van der Waals surface area contributed by atoms with Gasteiger partial charge in [0, 0.05) is 6.54 Å². The van der Waals surface area contributed by atoms with Gasteiger partial charge in [-0.25, -0.2) is 0 Å². The smallest absolute Gasteiger partial charge is 0.319 e. The molecule has 0 amide bonds. The lowest BCUT2D eigenvalue weighted by atomic mass is 9.72. The van der Waals surface area contributed by atoms with Gasteiger partial charge in [-0.1, -0.05) is 54.6 Å². The van der Waals surface area contributed by atoms with Crippen LogP contribution in [0.5, 0.6) is 0 Å². The SMILES string of the molecule is NCc1ccc(C(CC(=O)O)(C(=O)O)c2ccccc2)cc1. The Labute approximate surface area is 128 Å². The number of hydrogen-bond acceptors (Lipinski definition) is 3. The molecular formula is C17H17NO4. The standard InChI is InChI=1S/C17H17NO4/c18-11-12-6-8-14(9-7-12)17(16(21)22,10-15(19)20)13-4-2-1-3-5-13/h1-9H,10-11,18H2,(H,19,20)(H,21,22). The van der Waals surface area contributed by atoms with Crippen LogP contribution in [-0.2, 0) is 21.5 Å². The average molecular weight is 299 g/mol. The summed E-state index contributed by atoms with van der Waals surface area (Å²) in [7, 11) is 0. The van der Waals surface area contributed by atoms with E-state index in [1.807, 2.05) is 0 Å². The molecule has 0 fully saturated rings. The first-order chi connectivity index (χ1) is 10.5. The molecule has 0 aliphatic carbocycles. The van der Waals surface area contributed by atoms with E-state index in [-0.39, 0.29) is 0 Å². The summed E-state index contributed by atoms with van der Waals surface area (Å²) in [6, 6.07) is 15.1. The Morgan fingerprint density at radius 3 is 1.91 bits per heavy atom. The van der Waals surface area contributed by atoms with Crippen LogP contribution in [-0.4, -0.2) is 22.2 Å². The zero-order valence-electron chi connectivity index (χ0n) is 11.9. The monoisotopic (exact) mass is 299 g/mol. The van der Waals surface area contributed by atoms with Crippen LogP contribution < -0.4 is 5.73 Å². The van der Waals surface area contributed by atoms with Gasteiger partial charge in [0.05, 0.1) is 6.42 Å². The molecule has 114 valence electrons. The van der Waals surface area contributed by atoms with E-state index in [0.717, 1.165) is 5.56 Å². The fraction of sp³-hybridized carbons (Fsp3) is 0.176. The van der Waals surface area contributed by atoms with Gasteiger partial charge in [0.1, 0.15) is 5.41 Å². The Morgan fingerprint density at radius 1 is 0.909 bits per heavy atom. The topological polar surface area (TPSA) is 101 Å². The van der Waals surface area contributed by atoms with E-state index in [1.54, 1.807) is 54.6 Å². The Balaban J connectivity index is 2.66. The van der Waals surface area contributed by atoms with Gasteiger partial charge in [-0.15, -0.1) is 0 Å². The first-order valence-corrected chi connectivity index (χ1v) is 6.81. The molecular weight excluding hydrogens is 282 g/mol. The lowest BCUT2D eigenvalue weighted by Crippen LogP contribution is -2.39. The highest BCUT2D eigenvalue weighted by molar-refractivity contribution is 5.91. The summed E-state index contributed by atoms with van der Waals surface area (Å²) in [5.41, 5.74) is 5.64. The number of rotatable bonds is 6. The summed E-state index contributed by atoms with van der Waals surface area (Å²) in [5, 5.41) is 19.1. The summed E-state index contributed by atoms with van der Waals surface area (Å²) in [4.78, 5) is 23.3. The molecule has 0 radical (unpaired) electrons. The largest absolute Gasteiger partial charge is 0.481 e. The second-order valence-electron chi connectivity index (χ2n) is 5.05. The number of aliphatic carboxylic acids is 2. The minimum absolute atomic E-state index is 0.338. The fourth-order valence-corrected chi connectivity index (χ4v) is 2.57. The van der Waals surface area contributed by atoms with Crippen LogP contribution in [0, 0.1) is 0 Å². The molecule has 2 aromatic rings. The lowest BCUT2D eigenvalue weighted by Gasteiger charge is -2.29. The number of hydrogen-bond donors (Lipinski definition) is 3. The van der Waals surface area contributed by atoms with Crippen molar-refractivity contribution in [1.82, 2.24) is 0 Å². The van der Waals surface area contributed by atoms with E-state index < -0.39 is 23.8 Å². The third kappa shape index (κ3) is 2.84. The van der Waals surface area contributed by atoms with Crippen LogP contribution in [0.3, 0.4) is 0 Å². The molecule has 5 nitrogen and oxygen atoms in total. The molecule has 0 saturated carbocycles. The van der Waals surface area contributed by atoms with Crippen molar-refractivity contribution in [2.75, 3.05) is 0 Å². The van der Waals surface area contributed by atoms with E-state index in [4.69, 9.17) is 5.73 Å². The number of carboxylic acids is 2. The summed E-state index contributed by atoms with van der Waals surface area (Å²) in [6.45, 7) is 0.338. The van der Waals surface area contributed by atoms with E-state index in [0.29, 0.717) is 17.7 Å². The summed E-state index contributed by atoms with van der Waals surface area (Å²) in [6.07, 6.45) is -0.533. The molecule has 1 unspecified atom stereocenters. The number of carbonyl (C=O) groups is 2. The number of carboxylic acid groups (broad SMARTS) is 2. The first kappa shape index (κ1) is 15.7. The Hall–Kier alpha value is -2.66. The van der Waals surface area contributed by atoms with Crippen molar-refractivity contribution in [3.63, 3.8) is 0 Å². The van der Waals surface area contributed by atoms with Crippen molar-refractivity contribution in [1.29, 1.82) is 0 Å². The van der Waals surface area contributed by atoms with Crippen LogP contribution in [0.2, 0.25) is 0 Å². The van der Waals surface area contributed by atoms with Crippen LogP contribution in [0.4, 0.5) is 0 Å². The van der Waals surface area contributed by atoms with Gasteiger partial charge < -0.3 is 15.9 Å². The molecule has 22 heavy (non-hydrogen) atoms. The quantitative estimate of drug-likeness (QED) is 0.757. The molecule has 0 spiro atoms. The van der Waals surface area contributed by atoms with E-state index >= 15 is 0 Å². The van der Waals surface area contributed by atoms with Crippen molar-refractivity contribution in [2.45, 2.75) is 18.4 Å². The van der Waals surface area contributed by atoms with E-state index in [2.05, 4.69) is 0 Å². The molecule has 0 aliphatic heterocycles. The third-order valence-electron chi connectivity index (χ3n) is 3.73. The number of benzene rings is 2. The second kappa shape index (κ2) is 6.41. The Morgan fingerprint density at radius 2 is 1.45 bits per heavy atom. The number of nitrogens with two attached hydrogens (primary N) is 1. The van der Waals surface area contributed by atoms with E-state index in [9.17, 15) is 19.8 Å². The summed E-state index contributed by atoms with van der Waals surface area (Å²) < 4.78 is 0. The molecule has 0 heterocycles. The Kier molecular flexibility index (Phi) is 4.58. The van der Waals surface area contributed by atoms with Crippen LogP contribution >= 0.6 is 0 Å².